The minimum absolute atomic E-state index is 0.595. The van der Waals surface area contributed by atoms with Crippen molar-refractivity contribution in [2.24, 2.45) is 11.8 Å². The predicted molar refractivity (Wildman–Crippen MR) is 85.1 cm³/mol. The van der Waals surface area contributed by atoms with Gasteiger partial charge in [-0.15, -0.1) is 0 Å². The highest BCUT2D eigenvalue weighted by Crippen LogP contribution is 2.18. The highest BCUT2D eigenvalue weighted by atomic mass is 16.5. The zero-order valence-electron chi connectivity index (χ0n) is 13.7. The average Bonchev–Trinajstić information content (AvgIpc) is 2.37. The minimum Gasteiger partial charge on any atom is -0.491 e. The van der Waals surface area contributed by atoms with Crippen LogP contribution in [0.2, 0.25) is 0 Å². The monoisotopic (exact) mass is 278 g/mol. The fourth-order valence-electron chi connectivity index (χ4n) is 2.14. The zero-order chi connectivity index (χ0) is 15.0. The fourth-order valence-corrected chi connectivity index (χ4v) is 2.14. The summed E-state index contributed by atoms with van der Waals surface area (Å²) in [4.78, 5) is 4.61. The molecule has 0 spiro atoms. The number of hydrogen-bond donors (Lipinski definition) is 1. The van der Waals surface area contributed by atoms with Gasteiger partial charge in [-0.1, -0.05) is 34.1 Å². The van der Waals surface area contributed by atoms with E-state index in [1.807, 2.05) is 19.1 Å². The van der Waals surface area contributed by atoms with Crippen molar-refractivity contribution in [3.63, 3.8) is 0 Å². The summed E-state index contributed by atoms with van der Waals surface area (Å²) in [5.41, 5.74) is 2.06. The standard InChI is InChI=1S/C17H30N2O/c1-6-7-14(4)12-20-17-9-8-15(5)19-16(17)11-18-10-13(2)3/h8-9,13-14,18H,6-7,10-12H2,1-5H3. The molecule has 0 fully saturated rings. The van der Waals surface area contributed by atoms with E-state index in [2.05, 4.69) is 38.0 Å². The number of nitrogens with one attached hydrogen (secondary N) is 1. The van der Waals surface area contributed by atoms with Crippen LogP contribution in [0.5, 0.6) is 5.75 Å². The highest BCUT2D eigenvalue weighted by molar-refractivity contribution is 5.29. The Kier molecular flexibility index (Phi) is 7.60. The quantitative estimate of drug-likeness (QED) is 0.742. The van der Waals surface area contributed by atoms with Crippen LogP contribution in [0.1, 0.15) is 51.9 Å². The Morgan fingerprint density at radius 3 is 2.65 bits per heavy atom. The highest BCUT2D eigenvalue weighted by Gasteiger charge is 2.08. The second-order valence-corrected chi connectivity index (χ2v) is 6.13. The van der Waals surface area contributed by atoms with Crippen molar-refractivity contribution in [3.05, 3.63) is 23.5 Å². The van der Waals surface area contributed by atoms with Crippen LogP contribution in [-0.2, 0) is 6.54 Å². The maximum Gasteiger partial charge on any atom is 0.142 e. The summed E-state index contributed by atoms with van der Waals surface area (Å²) >= 11 is 0. The van der Waals surface area contributed by atoms with Crippen LogP contribution < -0.4 is 10.1 Å². The van der Waals surface area contributed by atoms with Crippen molar-refractivity contribution in [2.75, 3.05) is 13.2 Å². The number of pyridine rings is 1. The topological polar surface area (TPSA) is 34.1 Å². The summed E-state index contributed by atoms with van der Waals surface area (Å²) in [6.45, 7) is 13.4. The number of ether oxygens (including phenoxy) is 1. The molecule has 20 heavy (non-hydrogen) atoms. The molecule has 0 radical (unpaired) electrons. The Labute approximate surface area is 124 Å². The van der Waals surface area contributed by atoms with Crippen LogP contribution >= 0.6 is 0 Å². The van der Waals surface area contributed by atoms with E-state index in [1.54, 1.807) is 0 Å². The molecular weight excluding hydrogens is 248 g/mol. The molecule has 1 aromatic rings. The second-order valence-electron chi connectivity index (χ2n) is 6.13. The largest absolute Gasteiger partial charge is 0.491 e. The molecule has 0 amide bonds. The number of rotatable bonds is 9. The average molecular weight is 278 g/mol. The van der Waals surface area contributed by atoms with E-state index in [1.165, 1.54) is 12.8 Å². The van der Waals surface area contributed by atoms with Gasteiger partial charge in [-0.25, -0.2) is 0 Å². The Morgan fingerprint density at radius 2 is 2.00 bits per heavy atom. The van der Waals surface area contributed by atoms with Gasteiger partial charge in [0.25, 0.3) is 0 Å². The molecule has 0 aromatic carbocycles. The van der Waals surface area contributed by atoms with Gasteiger partial charge in [0.05, 0.1) is 12.3 Å². The van der Waals surface area contributed by atoms with Crippen LogP contribution in [0.25, 0.3) is 0 Å². The van der Waals surface area contributed by atoms with Gasteiger partial charge >= 0.3 is 0 Å². The van der Waals surface area contributed by atoms with Crippen molar-refractivity contribution in [1.29, 1.82) is 0 Å². The van der Waals surface area contributed by atoms with Crippen molar-refractivity contribution < 1.29 is 4.74 Å². The third kappa shape index (κ3) is 6.38. The van der Waals surface area contributed by atoms with Gasteiger partial charge in [0.2, 0.25) is 0 Å². The van der Waals surface area contributed by atoms with Gasteiger partial charge in [0.1, 0.15) is 5.75 Å². The summed E-state index contributed by atoms with van der Waals surface area (Å²) in [6.07, 6.45) is 2.42. The Hall–Kier alpha value is -1.09. The Bertz CT molecular complexity index is 391. The lowest BCUT2D eigenvalue weighted by Crippen LogP contribution is -2.20. The smallest absolute Gasteiger partial charge is 0.142 e. The molecule has 0 saturated carbocycles. The van der Waals surface area contributed by atoms with Crippen molar-refractivity contribution in [3.8, 4) is 5.75 Å². The molecule has 1 atom stereocenters. The van der Waals surface area contributed by atoms with Crippen molar-refractivity contribution in [2.45, 2.75) is 54.0 Å². The third-order valence-electron chi connectivity index (χ3n) is 3.22. The molecule has 3 heteroatoms. The van der Waals surface area contributed by atoms with Crippen LogP contribution in [0.15, 0.2) is 12.1 Å². The second kappa shape index (κ2) is 8.96. The molecule has 0 bridgehead atoms. The van der Waals surface area contributed by atoms with Gasteiger partial charge in [0, 0.05) is 12.2 Å². The molecule has 1 rings (SSSR count). The van der Waals surface area contributed by atoms with Gasteiger partial charge < -0.3 is 10.1 Å². The minimum atomic E-state index is 0.595. The molecule has 1 unspecified atom stereocenters. The lowest BCUT2D eigenvalue weighted by Gasteiger charge is -2.16. The molecule has 3 nitrogen and oxygen atoms in total. The summed E-state index contributed by atoms with van der Waals surface area (Å²) in [7, 11) is 0. The molecule has 0 saturated heterocycles. The SMILES string of the molecule is CCCC(C)COc1ccc(C)nc1CNCC(C)C. The van der Waals surface area contributed by atoms with Gasteiger partial charge in [0.15, 0.2) is 0 Å². The van der Waals surface area contributed by atoms with Crippen molar-refractivity contribution >= 4 is 0 Å². The third-order valence-corrected chi connectivity index (χ3v) is 3.22. The molecule has 1 N–H and O–H groups in total. The first-order valence-electron chi connectivity index (χ1n) is 7.83. The van der Waals surface area contributed by atoms with E-state index in [-0.39, 0.29) is 0 Å². The predicted octanol–water partition coefficient (Wildman–Crippen LogP) is 3.95. The first kappa shape index (κ1) is 17.0. The molecule has 1 aromatic heterocycles. The number of hydrogen-bond acceptors (Lipinski definition) is 3. The summed E-state index contributed by atoms with van der Waals surface area (Å²) in [5, 5.41) is 3.44. The van der Waals surface area contributed by atoms with E-state index in [9.17, 15) is 0 Å². The summed E-state index contributed by atoms with van der Waals surface area (Å²) in [5.74, 6) is 2.17. The van der Waals surface area contributed by atoms with Gasteiger partial charge in [-0.2, -0.15) is 0 Å². The van der Waals surface area contributed by atoms with E-state index in [0.717, 1.165) is 36.8 Å². The molecule has 114 valence electrons. The zero-order valence-corrected chi connectivity index (χ0v) is 13.7. The summed E-state index contributed by atoms with van der Waals surface area (Å²) in [6, 6.07) is 4.07. The Balaban J connectivity index is 2.59. The van der Waals surface area contributed by atoms with Gasteiger partial charge in [-0.05, 0) is 43.9 Å². The molecule has 1 heterocycles. The maximum absolute atomic E-state index is 5.96. The Morgan fingerprint density at radius 1 is 1.25 bits per heavy atom. The van der Waals surface area contributed by atoms with Crippen LogP contribution in [0.4, 0.5) is 0 Å². The lowest BCUT2D eigenvalue weighted by molar-refractivity contribution is 0.247. The molecule has 0 aliphatic heterocycles. The molecular formula is C17H30N2O. The lowest BCUT2D eigenvalue weighted by atomic mass is 10.1. The number of nitrogens with zero attached hydrogens (tertiary/aromatic N) is 1. The first-order chi connectivity index (χ1) is 9.52. The number of aromatic nitrogens is 1. The molecule has 0 aliphatic rings. The van der Waals surface area contributed by atoms with Crippen LogP contribution in [0, 0.1) is 18.8 Å². The molecule has 0 aliphatic carbocycles. The van der Waals surface area contributed by atoms with E-state index in [0.29, 0.717) is 11.8 Å². The van der Waals surface area contributed by atoms with Gasteiger partial charge in [-0.3, -0.25) is 4.98 Å². The first-order valence-corrected chi connectivity index (χ1v) is 7.83. The van der Waals surface area contributed by atoms with Crippen LogP contribution in [0.3, 0.4) is 0 Å². The van der Waals surface area contributed by atoms with Crippen LogP contribution in [-0.4, -0.2) is 18.1 Å². The van der Waals surface area contributed by atoms with Crippen molar-refractivity contribution in [1.82, 2.24) is 10.3 Å². The maximum atomic E-state index is 5.96. The fraction of sp³-hybridized carbons (Fsp3) is 0.706. The summed E-state index contributed by atoms with van der Waals surface area (Å²) < 4.78 is 5.96. The normalized spacial score (nSPS) is 12.7. The van der Waals surface area contributed by atoms with E-state index < -0.39 is 0 Å². The number of aryl methyl sites for hydroxylation is 1. The van der Waals surface area contributed by atoms with E-state index >= 15 is 0 Å². The van der Waals surface area contributed by atoms with E-state index in [4.69, 9.17) is 4.74 Å².